The van der Waals surface area contributed by atoms with Crippen molar-refractivity contribution >= 4 is 17.2 Å². The van der Waals surface area contributed by atoms with Crippen molar-refractivity contribution in [3.8, 4) is 6.07 Å². The molecule has 0 amide bonds. The molecule has 2 aromatic heterocycles. The van der Waals surface area contributed by atoms with E-state index in [4.69, 9.17) is 0 Å². The lowest BCUT2D eigenvalue weighted by atomic mass is 10.2. The number of nitriles is 1. The van der Waals surface area contributed by atoms with E-state index in [2.05, 4.69) is 34.4 Å². The first-order valence-corrected chi connectivity index (χ1v) is 6.76. The molecular weight excluding hydrogens is 244 g/mol. The average Bonchev–Trinajstić information content (AvgIpc) is 2.94. The largest absolute Gasteiger partial charge is 0.351 e. The van der Waals surface area contributed by atoms with Gasteiger partial charge in [0.25, 0.3) is 0 Å². The minimum Gasteiger partial charge on any atom is -0.351 e. The lowest BCUT2D eigenvalue weighted by molar-refractivity contribution is 0.707. The highest BCUT2D eigenvalue weighted by atomic mass is 32.1. The molecule has 0 spiro atoms. The van der Waals surface area contributed by atoms with Crippen molar-refractivity contribution in [2.45, 2.75) is 20.4 Å². The van der Waals surface area contributed by atoms with Crippen LogP contribution in [0.5, 0.6) is 0 Å². The minimum absolute atomic E-state index is 0.677. The molecule has 0 saturated carbocycles. The summed E-state index contributed by atoms with van der Waals surface area (Å²) in [6, 6.07) is 6.42. The van der Waals surface area contributed by atoms with Crippen molar-refractivity contribution < 1.29 is 0 Å². The Kier molecular flexibility index (Phi) is 3.68. The fourth-order valence-corrected chi connectivity index (χ4v) is 2.79. The summed E-state index contributed by atoms with van der Waals surface area (Å²) in [7, 11) is 1.89. The number of hydrogen-bond donors (Lipinski definition) is 0. The maximum atomic E-state index is 9.26. The molecule has 18 heavy (non-hydrogen) atoms. The summed E-state index contributed by atoms with van der Waals surface area (Å²) in [6.07, 6.45) is 0. The molecule has 94 valence electrons. The normalized spacial score (nSPS) is 10.3. The van der Waals surface area contributed by atoms with Crippen molar-refractivity contribution in [1.82, 2.24) is 9.78 Å². The van der Waals surface area contributed by atoms with Gasteiger partial charge in [0.05, 0.1) is 12.2 Å². The van der Waals surface area contributed by atoms with Crippen LogP contribution < -0.4 is 4.90 Å². The molecule has 0 aliphatic rings. The molecule has 0 fully saturated rings. The molecule has 0 N–H and O–H groups in total. The number of anilines is 1. The SMILES string of the molecule is CCN(Cc1cccs1)c1c(C#N)c(C)nn1C. The highest BCUT2D eigenvalue weighted by Crippen LogP contribution is 2.24. The van der Waals surface area contributed by atoms with Gasteiger partial charge in [-0.25, -0.2) is 0 Å². The summed E-state index contributed by atoms with van der Waals surface area (Å²) >= 11 is 1.73. The van der Waals surface area contributed by atoms with E-state index in [0.717, 1.165) is 24.6 Å². The van der Waals surface area contributed by atoms with Crippen LogP contribution in [0.25, 0.3) is 0 Å². The van der Waals surface area contributed by atoms with Crippen LogP contribution in [0.1, 0.15) is 23.1 Å². The zero-order chi connectivity index (χ0) is 13.1. The predicted molar refractivity (Wildman–Crippen MR) is 73.7 cm³/mol. The fraction of sp³-hybridized carbons (Fsp3) is 0.385. The predicted octanol–water partition coefficient (Wildman–Crippen LogP) is 2.69. The number of rotatable bonds is 4. The van der Waals surface area contributed by atoms with Gasteiger partial charge in [0.1, 0.15) is 17.5 Å². The highest BCUT2D eigenvalue weighted by molar-refractivity contribution is 7.09. The van der Waals surface area contributed by atoms with Crippen molar-refractivity contribution in [3.05, 3.63) is 33.6 Å². The van der Waals surface area contributed by atoms with E-state index in [1.807, 2.05) is 20.0 Å². The van der Waals surface area contributed by atoms with Gasteiger partial charge < -0.3 is 4.90 Å². The second kappa shape index (κ2) is 5.23. The maximum absolute atomic E-state index is 9.26. The Morgan fingerprint density at radius 3 is 2.89 bits per heavy atom. The van der Waals surface area contributed by atoms with Crippen LogP contribution in [0, 0.1) is 18.3 Å². The number of aromatic nitrogens is 2. The number of hydrogen-bond acceptors (Lipinski definition) is 4. The molecule has 0 saturated heterocycles. The lowest BCUT2D eigenvalue weighted by Gasteiger charge is -2.22. The summed E-state index contributed by atoms with van der Waals surface area (Å²) in [6.45, 7) is 5.64. The summed E-state index contributed by atoms with van der Waals surface area (Å²) < 4.78 is 1.80. The zero-order valence-corrected chi connectivity index (χ0v) is 11.7. The quantitative estimate of drug-likeness (QED) is 0.849. The van der Waals surface area contributed by atoms with Crippen LogP contribution in [-0.2, 0) is 13.6 Å². The van der Waals surface area contributed by atoms with Gasteiger partial charge >= 0.3 is 0 Å². The van der Waals surface area contributed by atoms with Crippen LogP contribution in [0.3, 0.4) is 0 Å². The van der Waals surface area contributed by atoms with E-state index in [0.29, 0.717) is 5.56 Å². The van der Waals surface area contributed by atoms with Gasteiger partial charge in [-0.3, -0.25) is 4.68 Å². The Bertz CT molecular complexity index is 563. The third-order valence-electron chi connectivity index (χ3n) is 2.91. The van der Waals surface area contributed by atoms with Crippen LogP contribution >= 0.6 is 11.3 Å². The van der Waals surface area contributed by atoms with Gasteiger partial charge in [0, 0.05) is 18.5 Å². The van der Waals surface area contributed by atoms with Gasteiger partial charge in [0.2, 0.25) is 0 Å². The Labute approximate surface area is 111 Å². The van der Waals surface area contributed by atoms with E-state index >= 15 is 0 Å². The third kappa shape index (κ3) is 2.24. The Hall–Kier alpha value is -1.80. The first-order chi connectivity index (χ1) is 8.67. The molecule has 0 aromatic carbocycles. The average molecular weight is 260 g/mol. The smallest absolute Gasteiger partial charge is 0.145 e. The molecular formula is C13H16N4S. The van der Waals surface area contributed by atoms with Crippen molar-refractivity contribution in [3.63, 3.8) is 0 Å². The van der Waals surface area contributed by atoms with Gasteiger partial charge in [-0.15, -0.1) is 11.3 Å². The standard InChI is InChI=1S/C13H16N4S/c1-4-17(9-11-6-5-7-18-11)13-12(8-14)10(2)15-16(13)3/h5-7H,4,9H2,1-3H3. The molecule has 2 rings (SSSR count). The van der Waals surface area contributed by atoms with E-state index in [1.165, 1.54) is 4.88 Å². The van der Waals surface area contributed by atoms with E-state index in [9.17, 15) is 5.26 Å². The third-order valence-corrected chi connectivity index (χ3v) is 3.77. The molecule has 0 aliphatic carbocycles. The van der Waals surface area contributed by atoms with Crippen molar-refractivity contribution in [2.24, 2.45) is 7.05 Å². The number of aryl methyl sites for hydroxylation is 2. The first-order valence-electron chi connectivity index (χ1n) is 5.88. The van der Waals surface area contributed by atoms with E-state index in [1.54, 1.807) is 16.0 Å². The topological polar surface area (TPSA) is 44.9 Å². The van der Waals surface area contributed by atoms with E-state index in [-0.39, 0.29) is 0 Å². The number of nitrogens with zero attached hydrogens (tertiary/aromatic N) is 4. The summed E-state index contributed by atoms with van der Waals surface area (Å²) in [4.78, 5) is 3.48. The first kappa shape index (κ1) is 12.7. The summed E-state index contributed by atoms with van der Waals surface area (Å²) in [5.74, 6) is 0.908. The highest BCUT2D eigenvalue weighted by Gasteiger charge is 2.18. The second-order valence-corrected chi connectivity index (χ2v) is 5.15. The van der Waals surface area contributed by atoms with Crippen LogP contribution in [0.4, 0.5) is 5.82 Å². The minimum atomic E-state index is 0.677. The molecule has 0 atom stereocenters. The van der Waals surface area contributed by atoms with E-state index < -0.39 is 0 Å². The monoisotopic (exact) mass is 260 g/mol. The summed E-state index contributed by atoms with van der Waals surface area (Å²) in [5, 5.41) is 15.7. The summed E-state index contributed by atoms with van der Waals surface area (Å²) in [5.41, 5.74) is 1.47. The molecule has 4 nitrogen and oxygen atoms in total. The molecule has 2 aromatic rings. The zero-order valence-electron chi connectivity index (χ0n) is 10.8. The molecule has 5 heteroatoms. The number of thiophene rings is 1. The molecule has 0 radical (unpaired) electrons. The second-order valence-electron chi connectivity index (χ2n) is 4.11. The lowest BCUT2D eigenvalue weighted by Crippen LogP contribution is -2.24. The van der Waals surface area contributed by atoms with Gasteiger partial charge in [-0.05, 0) is 25.3 Å². The Balaban J connectivity index is 2.36. The van der Waals surface area contributed by atoms with Crippen molar-refractivity contribution in [2.75, 3.05) is 11.4 Å². The van der Waals surface area contributed by atoms with Crippen molar-refractivity contribution in [1.29, 1.82) is 5.26 Å². The van der Waals surface area contributed by atoms with Crippen LogP contribution in [0.2, 0.25) is 0 Å². The molecule has 2 heterocycles. The van der Waals surface area contributed by atoms with Crippen LogP contribution in [-0.4, -0.2) is 16.3 Å². The van der Waals surface area contributed by atoms with Gasteiger partial charge in [-0.2, -0.15) is 10.4 Å². The Morgan fingerprint density at radius 2 is 2.33 bits per heavy atom. The molecule has 0 bridgehead atoms. The molecule has 0 aliphatic heterocycles. The Morgan fingerprint density at radius 1 is 1.56 bits per heavy atom. The van der Waals surface area contributed by atoms with Gasteiger partial charge in [0.15, 0.2) is 0 Å². The fourth-order valence-electron chi connectivity index (χ4n) is 2.07. The van der Waals surface area contributed by atoms with Crippen LogP contribution in [0.15, 0.2) is 17.5 Å². The van der Waals surface area contributed by atoms with Gasteiger partial charge in [-0.1, -0.05) is 6.07 Å². The molecule has 0 unspecified atom stereocenters. The maximum Gasteiger partial charge on any atom is 0.145 e.